The van der Waals surface area contributed by atoms with Crippen LogP contribution in [0.4, 0.5) is 0 Å². The highest BCUT2D eigenvalue weighted by Gasteiger charge is 2.17. The van der Waals surface area contributed by atoms with Crippen LogP contribution in [-0.2, 0) is 6.42 Å². The van der Waals surface area contributed by atoms with Crippen molar-refractivity contribution in [2.24, 2.45) is 0 Å². The molecule has 0 unspecified atom stereocenters. The minimum atomic E-state index is -0.112. The van der Waals surface area contributed by atoms with E-state index >= 15 is 0 Å². The van der Waals surface area contributed by atoms with Crippen LogP contribution in [0.2, 0.25) is 0 Å². The monoisotopic (exact) mass is 372 g/mol. The van der Waals surface area contributed by atoms with Crippen molar-refractivity contribution >= 4 is 17.2 Å². The van der Waals surface area contributed by atoms with Crippen molar-refractivity contribution in [1.82, 2.24) is 9.88 Å². The van der Waals surface area contributed by atoms with Crippen LogP contribution in [0.15, 0.2) is 46.4 Å². The summed E-state index contributed by atoms with van der Waals surface area (Å²) in [5.41, 5.74) is 1.49. The first-order valence-electron chi connectivity index (χ1n) is 8.08. The molecule has 3 rings (SSSR count). The SMILES string of the molecule is COc1ccc(CCN(C)C(=O)c2csc(-c3ccco3)n2)cc1OC. The minimum absolute atomic E-state index is 0.112. The molecule has 136 valence electrons. The summed E-state index contributed by atoms with van der Waals surface area (Å²) >= 11 is 1.39. The normalized spacial score (nSPS) is 10.6. The molecule has 7 heteroatoms. The van der Waals surface area contributed by atoms with Gasteiger partial charge in [-0.05, 0) is 36.2 Å². The molecule has 0 radical (unpaired) electrons. The molecule has 3 aromatic rings. The van der Waals surface area contributed by atoms with Gasteiger partial charge in [0.05, 0.1) is 20.5 Å². The first kappa shape index (κ1) is 18.0. The summed E-state index contributed by atoms with van der Waals surface area (Å²) < 4.78 is 15.9. The number of benzene rings is 1. The van der Waals surface area contributed by atoms with Gasteiger partial charge in [0.25, 0.3) is 5.91 Å². The van der Waals surface area contributed by atoms with Crippen LogP contribution in [0, 0.1) is 0 Å². The number of nitrogens with zero attached hydrogens (tertiary/aromatic N) is 2. The summed E-state index contributed by atoms with van der Waals surface area (Å²) in [5, 5.41) is 2.46. The number of hydrogen-bond donors (Lipinski definition) is 0. The van der Waals surface area contributed by atoms with Crippen molar-refractivity contribution in [2.75, 3.05) is 27.8 Å². The van der Waals surface area contributed by atoms with Crippen LogP contribution in [0.3, 0.4) is 0 Å². The fraction of sp³-hybridized carbons (Fsp3) is 0.263. The molecule has 0 N–H and O–H groups in total. The third kappa shape index (κ3) is 3.88. The average Bonchev–Trinajstić information content (AvgIpc) is 3.36. The van der Waals surface area contributed by atoms with Crippen LogP contribution in [0.5, 0.6) is 11.5 Å². The Morgan fingerprint density at radius 1 is 1.23 bits per heavy atom. The van der Waals surface area contributed by atoms with E-state index < -0.39 is 0 Å². The Hall–Kier alpha value is -2.80. The van der Waals surface area contributed by atoms with Crippen LogP contribution in [0.25, 0.3) is 10.8 Å². The molecule has 6 nitrogen and oxygen atoms in total. The molecular weight excluding hydrogens is 352 g/mol. The number of rotatable bonds is 7. The second-order valence-electron chi connectivity index (χ2n) is 5.68. The summed E-state index contributed by atoms with van der Waals surface area (Å²) in [6.07, 6.45) is 2.30. The van der Waals surface area contributed by atoms with Gasteiger partial charge in [-0.2, -0.15) is 0 Å². The maximum absolute atomic E-state index is 12.6. The molecule has 26 heavy (non-hydrogen) atoms. The summed E-state index contributed by atoms with van der Waals surface area (Å²) in [6, 6.07) is 9.39. The third-order valence-electron chi connectivity index (χ3n) is 3.99. The molecule has 0 saturated carbocycles. The first-order chi connectivity index (χ1) is 12.6. The Balaban J connectivity index is 1.63. The Morgan fingerprint density at radius 3 is 2.73 bits per heavy atom. The van der Waals surface area contributed by atoms with Gasteiger partial charge in [0, 0.05) is 19.0 Å². The lowest BCUT2D eigenvalue weighted by Crippen LogP contribution is -2.29. The van der Waals surface area contributed by atoms with E-state index in [1.165, 1.54) is 11.3 Å². The molecule has 0 aliphatic heterocycles. The Morgan fingerprint density at radius 2 is 2.04 bits per heavy atom. The van der Waals surface area contributed by atoms with Crippen molar-refractivity contribution in [3.05, 3.63) is 53.2 Å². The molecule has 1 amide bonds. The summed E-state index contributed by atoms with van der Waals surface area (Å²) in [4.78, 5) is 18.6. The molecule has 0 fully saturated rings. The molecule has 0 aliphatic carbocycles. The van der Waals surface area contributed by atoms with Gasteiger partial charge in [0.2, 0.25) is 0 Å². The fourth-order valence-electron chi connectivity index (χ4n) is 2.52. The lowest BCUT2D eigenvalue weighted by molar-refractivity contribution is 0.0791. The highest BCUT2D eigenvalue weighted by atomic mass is 32.1. The summed E-state index contributed by atoms with van der Waals surface area (Å²) in [7, 11) is 4.99. The maximum Gasteiger partial charge on any atom is 0.273 e. The van der Waals surface area contributed by atoms with Crippen molar-refractivity contribution < 1.29 is 18.7 Å². The van der Waals surface area contributed by atoms with Gasteiger partial charge >= 0.3 is 0 Å². The lowest BCUT2D eigenvalue weighted by atomic mass is 10.1. The molecule has 2 heterocycles. The van der Waals surface area contributed by atoms with E-state index in [1.807, 2.05) is 24.3 Å². The predicted molar refractivity (Wildman–Crippen MR) is 100 cm³/mol. The van der Waals surface area contributed by atoms with Crippen molar-refractivity contribution in [3.63, 3.8) is 0 Å². The number of hydrogen-bond acceptors (Lipinski definition) is 6. The van der Waals surface area contributed by atoms with Gasteiger partial charge in [0.1, 0.15) is 5.69 Å². The first-order valence-corrected chi connectivity index (χ1v) is 8.96. The number of thiazole rings is 1. The van der Waals surface area contributed by atoms with E-state index in [0.717, 1.165) is 5.56 Å². The molecule has 0 atom stereocenters. The molecule has 0 bridgehead atoms. The summed E-state index contributed by atoms with van der Waals surface area (Å²) in [6.45, 7) is 0.571. The fourth-order valence-corrected chi connectivity index (χ4v) is 3.28. The largest absolute Gasteiger partial charge is 0.493 e. The van der Waals surface area contributed by atoms with Gasteiger partial charge in [-0.3, -0.25) is 4.79 Å². The van der Waals surface area contributed by atoms with Crippen molar-refractivity contribution in [3.8, 4) is 22.3 Å². The number of likely N-dealkylation sites (N-methyl/N-ethyl adjacent to an activating group) is 1. The zero-order chi connectivity index (χ0) is 18.5. The molecular formula is C19H20N2O4S. The summed E-state index contributed by atoms with van der Waals surface area (Å²) in [5.74, 6) is 1.93. The van der Waals surface area contributed by atoms with E-state index in [4.69, 9.17) is 13.9 Å². The molecule has 0 spiro atoms. The smallest absolute Gasteiger partial charge is 0.273 e. The van der Waals surface area contributed by atoms with Crippen molar-refractivity contribution in [1.29, 1.82) is 0 Å². The number of furan rings is 1. The number of ether oxygens (including phenoxy) is 2. The topological polar surface area (TPSA) is 64.8 Å². The number of methoxy groups -OCH3 is 2. The van der Waals surface area contributed by atoms with Gasteiger partial charge in [-0.15, -0.1) is 11.3 Å². The molecule has 2 aromatic heterocycles. The zero-order valence-corrected chi connectivity index (χ0v) is 15.7. The highest BCUT2D eigenvalue weighted by Crippen LogP contribution is 2.28. The average molecular weight is 372 g/mol. The number of amides is 1. The maximum atomic E-state index is 12.6. The van der Waals surface area contributed by atoms with E-state index in [0.29, 0.717) is 40.9 Å². The van der Waals surface area contributed by atoms with Gasteiger partial charge in [-0.25, -0.2) is 4.98 Å². The third-order valence-corrected chi connectivity index (χ3v) is 4.84. The van der Waals surface area contributed by atoms with E-state index in [-0.39, 0.29) is 5.91 Å². The second-order valence-corrected chi connectivity index (χ2v) is 6.54. The number of aromatic nitrogens is 1. The standard InChI is InChI=1S/C19H20N2O4S/c1-21(9-8-13-6-7-15(23-2)17(11-13)24-3)19(22)14-12-26-18(20-14)16-5-4-10-25-16/h4-7,10-12H,8-9H2,1-3H3. The zero-order valence-electron chi connectivity index (χ0n) is 14.9. The van der Waals surface area contributed by atoms with Crippen LogP contribution in [0.1, 0.15) is 16.1 Å². The molecule has 1 aromatic carbocycles. The van der Waals surface area contributed by atoms with Gasteiger partial charge in [0.15, 0.2) is 22.3 Å². The van der Waals surface area contributed by atoms with Crippen molar-refractivity contribution in [2.45, 2.75) is 6.42 Å². The lowest BCUT2D eigenvalue weighted by Gasteiger charge is -2.16. The molecule has 0 saturated heterocycles. The second kappa shape index (κ2) is 8.05. The van der Waals surface area contributed by atoms with Gasteiger partial charge < -0.3 is 18.8 Å². The Labute approximate surface area is 156 Å². The van der Waals surface area contributed by atoms with Crippen LogP contribution in [-0.4, -0.2) is 43.6 Å². The number of carbonyl (C=O) groups is 1. The minimum Gasteiger partial charge on any atom is -0.493 e. The van der Waals surface area contributed by atoms with Crippen LogP contribution < -0.4 is 9.47 Å². The Bertz CT molecular complexity index is 874. The predicted octanol–water partition coefficient (Wildman–Crippen LogP) is 3.74. The highest BCUT2D eigenvalue weighted by molar-refractivity contribution is 7.13. The molecule has 0 aliphatic rings. The quantitative estimate of drug-likeness (QED) is 0.632. The number of carbonyl (C=O) groups excluding carboxylic acids is 1. The van der Waals surface area contributed by atoms with Gasteiger partial charge in [-0.1, -0.05) is 6.07 Å². The van der Waals surface area contributed by atoms with E-state index in [9.17, 15) is 4.79 Å². The van der Waals surface area contributed by atoms with Crippen LogP contribution >= 0.6 is 11.3 Å². The van der Waals surface area contributed by atoms with E-state index in [2.05, 4.69) is 4.98 Å². The van der Waals surface area contributed by atoms with E-state index in [1.54, 1.807) is 43.9 Å². The Kier molecular flexibility index (Phi) is 5.58.